The summed E-state index contributed by atoms with van der Waals surface area (Å²) in [6, 6.07) is 7.74. The third-order valence-electron chi connectivity index (χ3n) is 3.57. The fourth-order valence-corrected chi connectivity index (χ4v) is 2.27. The third kappa shape index (κ3) is 2.48. The Kier molecular flexibility index (Phi) is 3.57. The first kappa shape index (κ1) is 12.9. The van der Waals surface area contributed by atoms with Gasteiger partial charge in [-0.05, 0) is 37.0 Å². The van der Waals surface area contributed by atoms with Gasteiger partial charge >= 0.3 is 0 Å². The van der Waals surface area contributed by atoms with E-state index in [1.807, 2.05) is 24.3 Å². The van der Waals surface area contributed by atoms with Crippen LogP contribution in [0.25, 0.3) is 0 Å². The first-order valence-electron chi connectivity index (χ1n) is 6.22. The quantitative estimate of drug-likeness (QED) is 0.879. The number of benzene rings is 1. The van der Waals surface area contributed by atoms with Gasteiger partial charge in [0.1, 0.15) is 5.75 Å². The van der Waals surface area contributed by atoms with Crippen LogP contribution in [0.15, 0.2) is 24.3 Å². The maximum atomic E-state index is 12.2. The van der Waals surface area contributed by atoms with E-state index in [0.29, 0.717) is 6.54 Å². The Bertz CT molecular complexity index is 441. The lowest BCUT2D eigenvalue weighted by Gasteiger charge is -2.39. The Morgan fingerprint density at radius 1 is 1.50 bits per heavy atom. The minimum Gasteiger partial charge on any atom is -0.497 e. The molecule has 0 bridgehead atoms. The number of likely N-dealkylation sites (N-methyl/N-ethyl adjacent to an activating group) is 1. The molecule has 0 atom stereocenters. The zero-order valence-corrected chi connectivity index (χ0v) is 11.0. The van der Waals surface area contributed by atoms with Crippen molar-refractivity contribution in [3.63, 3.8) is 0 Å². The molecule has 18 heavy (non-hydrogen) atoms. The molecule has 1 amide bonds. The van der Waals surface area contributed by atoms with E-state index >= 15 is 0 Å². The van der Waals surface area contributed by atoms with E-state index < -0.39 is 5.54 Å². The zero-order chi connectivity index (χ0) is 13.2. The van der Waals surface area contributed by atoms with E-state index in [4.69, 9.17) is 10.5 Å². The average molecular weight is 248 g/mol. The number of carbonyl (C=O) groups is 1. The second-order valence-corrected chi connectivity index (χ2v) is 5.02. The van der Waals surface area contributed by atoms with Crippen LogP contribution in [-0.4, -0.2) is 30.5 Å². The molecular weight excluding hydrogens is 228 g/mol. The second kappa shape index (κ2) is 4.98. The van der Waals surface area contributed by atoms with Crippen molar-refractivity contribution in [2.45, 2.75) is 31.3 Å². The number of carbonyl (C=O) groups excluding carboxylic acids is 1. The molecule has 0 heterocycles. The van der Waals surface area contributed by atoms with Gasteiger partial charge in [-0.3, -0.25) is 4.79 Å². The highest BCUT2D eigenvalue weighted by molar-refractivity contribution is 5.86. The lowest BCUT2D eigenvalue weighted by atomic mass is 9.76. The predicted octanol–water partition coefficient (Wildman–Crippen LogP) is 1.53. The number of hydrogen-bond acceptors (Lipinski definition) is 3. The van der Waals surface area contributed by atoms with Crippen molar-refractivity contribution in [3.8, 4) is 5.75 Å². The maximum Gasteiger partial charge on any atom is 0.242 e. The molecule has 0 aliphatic heterocycles. The molecule has 0 unspecified atom stereocenters. The number of nitrogens with zero attached hydrogens (tertiary/aromatic N) is 1. The molecule has 0 saturated heterocycles. The van der Waals surface area contributed by atoms with Crippen molar-refractivity contribution >= 4 is 5.91 Å². The maximum absolute atomic E-state index is 12.2. The molecule has 0 spiro atoms. The van der Waals surface area contributed by atoms with E-state index in [1.165, 1.54) is 0 Å². The van der Waals surface area contributed by atoms with Gasteiger partial charge in [-0.15, -0.1) is 0 Å². The molecule has 2 N–H and O–H groups in total. The molecule has 2 rings (SSSR count). The first-order chi connectivity index (χ1) is 8.55. The highest BCUT2D eigenvalue weighted by Gasteiger charge is 2.41. The smallest absolute Gasteiger partial charge is 0.242 e. The molecule has 98 valence electrons. The van der Waals surface area contributed by atoms with Gasteiger partial charge in [0.15, 0.2) is 0 Å². The Morgan fingerprint density at radius 2 is 2.22 bits per heavy atom. The molecule has 4 heteroatoms. The van der Waals surface area contributed by atoms with Gasteiger partial charge in [0.25, 0.3) is 0 Å². The van der Waals surface area contributed by atoms with Gasteiger partial charge in [-0.2, -0.15) is 0 Å². The number of nitrogens with two attached hydrogens (primary N) is 1. The van der Waals surface area contributed by atoms with Crippen LogP contribution in [0.5, 0.6) is 5.75 Å². The molecule has 1 aliphatic rings. The summed E-state index contributed by atoms with van der Waals surface area (Å²) in [6.07, 6.45) is 2.65. The van der Waals surface area contributed by atoms with E-state index in [0.717, 1.165) is 30.6 Å². The van der Waals surface area contributed by atoms with Gasteiger partial charge < -0.3 is 15.4 Å². The molecular formula is C14H20N2O2. The summed E-state index contributed by atoms with van der Waals surface area (Å²) >= 11 is 0. The predicted molar refractivity (Wildman–Crippen MR) is 70.2 cm³/mol. The van der Waals surface area contributed by atoms with Crippen molar-refractivity contribution in [2.75, 3.05) is 14.2 Å². The van der Waals surface area contributed by atoms with Crippen LogP contribution in [-0.2, 0) is 11.3 Å². The minimum absolute atomic E-state index is 0.0385. The fraction of sp³-hybridized carbons (Fsp3) is 0.500. The lowest BCUT2D eigenvalue weighted by Crippen LogP contribution is -2.58. The zero-order valence-electron chi connectivity index (χ0n) is 11.0. The number of ether oxygens (including phenoxy) is 1. The van der Waals surface area contributed by atoms with Crippen molar-refractivity contribution in [1.82, 2.24) is 4.90 Å². The van der Waals surface area contributed by atoms with Gasteiger partial charge in [0.2, 0.25) is 5.91 Å². The fourth-order valence-electron chi connectivity index (χ4n) is 2.27. The van der Waals surface area contributed by atoms with Crippen LogP contribution >= 0.6 is 0 Å². The number of rotatable bonds is 4. The van der Waals surface area contributed by atoms with E-state index in [1.54, 1.807) is 19.1 Å². The molecule has 0 radical (unpaired) electrons. The second-order valence-electron chi connectivity index (χ2n) is 5.02. The molecule has 1 aromatic carbocycles. The number of amides is 1. The SMILES string of the molecule is COc1cccc(CN(C)C(=O)C2(N)CCC2)c1. The van der Waals surface area contributed by atoms with Crippen molar-refractivity contribution in [3.05, 3.63) is 29.8 Å². The Labute approximate surface area is 108 Å². The van der Waals surface area contributed by atoms with Crippen LogP contribution in [0.2, 0.25) is 0 Å². The van der Waals surface area contributed by atoms with Crippen LogP contribution < -0.4 is 10.5 Å². The number of methoxy groups -OCH3 is 1. The Hall–Kier alpha value is -1.55. The Morgan fingerprint density at radius 3 is 2.78 bits per heavy atom. The van der Waals surface area contributed by atoms with Gasteiger partial charge in [-0.1, -0.05) is 12.1 Å². The third-order valence-corrected chi connectivity index (χ3v) is 3.57. The summed E-state index contributed by atoms with van der Waals surface area (Å²) in [5.74, 6) is 0.844. The summed E-state index contributed by atoms with van der Waals surface area (Å²) in [6.45, 7) is 0.564. The largest absolute Gasteiger partial charge is 0.497 e. The van der Waals surface area contributed by atoms with Crippen molar-refractivity contribution in [2.24, 2.45) is 5.73 Å². The van der Waals surface area contributed by atoms with Crippen LogP contribution in [0, 0.1) is 0 Å². The van der Waals surface area contributed by atoms with Gasteiger partial charge in [-0.25, -0.2) is 0 Å². The first-order valence-corrected chi connectivity index (χ1v) is 6.22. The molecule has 1 aliphatic carbocycles. The van der Waals surface area contributed by atoms with Gasteiger partial charge in [0.05, 0.1) is 12.6 Å². The van der Waals surface area contributed by atoms with E-state index in [-0.39, 0.29) is 5.91 Å². The van der Waals surface area contributed by atoms with Crippen LogP contribution in [0.4, 0.5) is 0 Å². The normalized spacial score (nSPS) is 16.8. The molecule has 4 nitrogen and oxygen atoms in total. The van der Waals surface area contributed by atoms with Crippen LogP contribution in [0.3, 0.4) is 0 Å². The topological polar surface area (TPSA) is 55.6 Å². The van der Waals surface area contributed by atoms with Gasteiger partial charge in [0, 0.05) is 13.6 Å². The minimum atomic E-state index is -0.617. The Balaban J connectivity index is 2.02. The average Bonchev–Trinajstić information content (AvgIpc) is 2.35. The summed E-state index contributed by atoms with van der Waals surface area (Å²) in [4.78, 5) is 13.9. The van der Waals surface area contributed by atoms with E-state index in [9.17, 15) is 4.79 Å². The monoisotopic (exact) mass is 248 g/mol. The molecule has 0 aromatic heterocycles. The van der Waals surface area contributed by atoms with Crippen molar-refractivity contribution < 1.29 is 9.53 Å². The molecule has 1 saturated carbocycles. The summed E-state index contributed by atoms with van der Waals surface area (Å²) in [5, 5.41) is 0. The molecule has 1 aromatic rings. The summed E-state index contributed by atoms with van der Waals surface area (Å²) in [7, 11) is 3.44. The highest BCUT2D eigenvalue weighted by Crippen LogP contribution is 2.31. The lowest BCUT2D eigenvalue weighted by molar-refractivity contribution is -0.139. The van der Waals surface area contributed by atoms with E-state index in [2.05, 4.69) is 0 Å². The van der Waals surface area contributed by atoms with Crippen molar-refractivity contribution in [1.29, 1.82) is 0 Å². The molecule has 1 fully saturated rings. The summed E-state index contributed by atoms with van der Waals surface area (Å²) < 4.78 is 5.17. The van der Waals surface area contributed by atoms with Crippen LogP contribution in [0.1, 0.15) is 24.8 Å². The number of hydrogen-bond donors (Lipinski definition) is 1. The standard InChI is InChI=1S/C14H20N2O2/c1-16(13(17)14(15)7-4-8-14)10-11-5-3-6-12(9-11)18-2/h3,5-6,9H,4,7-8,10,15H2,1-2H3. The summed E-state index contributed by atoms with van der Waals surface area (Å²) in [5.41, 5.74) is 6.47. The highest BCUT2D eigenvalue weighted by atomic mass is 16.5.